The zero-order valence-corrected chi connectivity index (χ0v) is 14.7. The molecule has 0 unspecified atom stereocenters. The number of anilines is 1. The zero-order valence-electron chi connectivity index (χ0n) is 14.7. The smallest absolute Gasteiger partial charge is 0.263 e. The molecule has 1 heterocycles. The molecule has 0 saturated carbocycles. The largest absolute Gasteiger partial charge is 0.493 e. The summed E-state index contributed by atoms with van der Waals surface area (Å²) in [5, 5.41) is 0. The van der Waals surface area contributed by atoms with Crippen molar-refractivity contribution >= 4 is 17.5 Å². The quantitative estimate of drug-likeness (QED) is 0.797. The lowest BCUT2D eigenvalue weighted by molar-refractivity contribution is -0.127. The van der Waals surface area contributed by atoms with Gasteiger partial charge in [-0.2, -0.15) is 0 Å². The maximum atomic E-state index is 14.4. The molecule has 0 aliphatic carbocycles. The number of carbonyl (C=O) groups is 2. The average Bonchev–Trinajstić information content (AvgIpc) is 3.05. The van der Waals surface area contributed by atoms with E-state index in [9.17, 15) is 14.0 Å². The molecule has 0 bridgehead atoms. The molecule has 1 aliphatic rings. The highest BCUT2D eigenvalue weighted by Gasteiger charge is 2.29. The van der Waals surface area contributed by atoms with Crippen molar-refractivity contribution in [2.75, 3.05) is 24.7 Å². The van der Waals surface area contributed by atoms with Crippen molar-refractivity contribution in [2.45, 2.75) is 19.8 Å². The Hall–Kier alpha value is -2.89. The maximum absolute atomic E-state index is 14.4. The van der Waals surface area contributed by atoms with Gasteiger partial charge in [0.2, 0.25) is 5.91 Å². The fourth-order valence-electron chi connectivity index (χ4n) is 3.01. The molecule has 2 amide bonds. The van der Waals surface area contributed by atoms with Crippen LogP contribution in [0.15, 0.2) is 48.5 Å². The summed E-state index contributed by atoms with van der Waals surface area (Å²) >= 11 is 0. The van der Waals surface area contributed by atoms with Gasteiger partial charge in [-0.1, -0.05) is 24.3 Å². The molecular formula is C20H21FN2O3. The summed E-state index contributed by atoms with van der Waals surface area (Å²) in [5.74, 6) is -0.508. The Balaban J connectivity index is 1.99. The van der Waals surface area contributed by atoms with Gasteiger partial charge in [-0.3, -0.25) is 14.5 Å². The number of nitrogens with zero attached hydrogens (tertiary/aromatic N) is 2. The molecule has 0 aromatic heterocycles. The van der Waals surface area contributed by atoms with Crippen LogP contribution in [0.1, 0.15) is 30.1 Å². The van der Waals surface area contributed by atoms with Crippen LogP contribution in [0.2, 0.25) is 0 Å². The van der Waals surface area contributed by atoms with Crippen molar-refractivity contribution in [1.82, 2.24) is 4.90 Å². The normalized spacial score (nSPS) is 13.8. The summed E-state index contributed by atoms with van der Waals surface area (Å²) in [5.41, 5.74) is 0.479. The van der Waals surface area contributed by atoms with E-state index in [-0.39, 0.29) is 18.3 Å². The number of halogens is 1. The highest BCUT2D eigenvalue weighted by atomic mass is 19.1. The minimum Gasteiger partial charge on any atom is -0.493 e. The summed E-state index contributed by atoms with van der Waals surface area (Å²) in [6.45, 7) is 2.82. The van der Waals surface area contributed by atoms with E-state index < -0.39 is 11.7 Å². The third-order valence-electron chi connectivity index (χ3n) is 4.29. The van der Waals surface area contributed by atoms with Crippen molar-refractivity contribution in [1.29, 1.82) is 0 Å². The third kappa shape index (κ3) is 3.69. The number of ether oxygens (including phenoxy) is 1. The van der Waals surface area contributed by atoms with Gasteiger partial charge in [0.25, 0.3) is 5.91 Å². The van der Waals surface area contributed by atoms with E-state index in [2.05, 4.69) is 0 Å². The van der Waals surface area contributed by atoms with E-state index in [1.807, 2.05) is 6.92 Å². The van der Waals surface area contributed by atoms with Gasteiger partial charge in [0.15, 0.2) is 0 Å². The Morgan fingerprint density at radius 1 is 1.19 bits per heavy atom. The number of benzene rings is 2. The van der Waals surface area contributed by atoms with Gasteiger partial charge in [-0.15, -0.1) is 0 Å². The fraction of sp³-hybridized carbons (Fsp3) is 0.300. The molecule has 0 spiro atoms. The minimum absolute atomic E-state index is 0.0130. The standard InChI is InChI=1S/C20H21FN2O3/c1-2-26-18-11-6-3-8-15(18)20(25)23(14-22-13-7-12-19(22)24)17-10-5-4-9-16(17)21/h3-6,8-11H,2,7,12-14H2,1H3. The lowest BCUT2D eigenvalue weighted by Gasteiger charge is -2.29. The SMILES string of the molecule is CCOc1ccccc1C(=O)N(CN1CCCC1=O)c1ccccc1F. The monoisotopic (exact) mass is 356 g/mol. The Labute approximate surface area is 152 Å². The van der Waals surface area contributed by atoms with Gasteiger partial charge in [-0.05, 0) is 37.6 Å². The second kappa shape index (κ2) is 7.99. The van der Waals surface area contributed by atoms with Gasteiger partial charge in [0.05, 0.1) is 17.9 Å². The van der Waals surface area contributed by atoms with Crippen LogP contribution < -0.4 is 9.64 Å². The van der Waals surface area contributed by atoms with Crippen LogP contribution in [0.3, 0.4) is 0 Å². The number of para-hydroxylation sites is 2. The first-order valence-corrected chi connectivity index (χ1v) is 8.67. The molecular weight excluding hydrogens is 335 g/mol. The van der Waals surface area contributed by atoms with Crippen LogP contribution in [-0.2, 0) is 4.79 Å². The van der Waals surface area contributed by atoms with Gasteiger partial charge < -0.3 is 9.64 Å². The molecule has 0 N–H and O–H groups in total. The Kier molecular flexibility index (Phi) is 5.51. The lowest BCUT2D eigenvalue weighted by atomic mass is 10.1. The molecule has 26 heavy (non-hydrogen) atoms. The van der Waals surface area contributed by atoms with Gasteiger partial charge in [-0.25, -0.2) is 4.39 Å². The van der Waals surface area contributed by atoms with Gasteiger partial charge in [0, 0.05) is 13.0 Å². The van der Waals surface area contributed by atoms with E-state index in [1.54, 1.807) is 41.3 Å². The number of hydrogen-bond donors (Lipinski definition) is 0. The number of likely N-dealkylation sites (tertiary alicyclic amines) is 1. The molecule has 2 aromatic carbocycles. The summed E-state index contributed by atoms with van der Waals surface area (Å²) in [4.78, 5) is 28.1. The number of rotatable bonds is 6. The predicted octanol–water partition coefficient (Wildman–Crippen LogP) is 3.45. The van der Waals surface area contributed by atoms with Crippen molar-refractivity contribution in [2.24, 2.45) is 0 Å². The Morgan fingerprint density at radius 2 is 1.92 bits per heavy atom. The molecule has 5 nitrogen and oxygen atoms in total. The van der Waals surface area contributed by atoms with E-state index in [0.717, 1.165) is 6.42 Å². The Morgan fingerprint density at radius 3 is 2.62 bits per heavy atom. The highest BCUT2D eigenvalue weighted by molar-refractivity contribution is 6.08. The second-order valence-corrected chi connectivity index (χ2v) is 6.02. The fourth-order valence-corrected chi connectivity index (χ4v) is 3.01. The molecule has 1 aliphatic heterocycles. The van der Waals surface area contributed by atoms with Crippen LogP contribution in [-0.4, -0.2) is 36.5 Å². The summed E-state index contributed by atoms with van der Waals surface area (Å²) < 4.78 is 20.0. The first-order chi connectivity index (χ1) is 12.6. The van der Waals surface area contributed by atoms with Crippen LogP contribution in [0.4, 0.5) is 10.1 Å². The van der Waals surface area contributed by atoms with E-state index in [1.165, 1.54) is 17.0 Å². The van der Waals surface area contributed by atoms with E-state index in [0.29, 0.717) is 30.9 Å². The molecule has 0 atom stereocenters. The number of hydrogen-bond acceptors (Lipinski definition) is 3. The van der Waals surface area contributed by atoms with Crippen molar-refractivity contribution < 1.29 is 18.7 Å². The molecule has 3 rings (SSSR count). The molecule has 6 heteroatoms. The van der Waals surface area contributed by atoms with Crippen molar-refractivity contribution in [3.8, 4) is 5.75 Å². The molecule has 1 saturated heterocycles. The van der Waals surface area contributed by atoms with Gasteiger partial charge >= 0.3 is 0 Å². The van der Waals surface area contributed by atoms with Gasteiger partial charge in [0.1, 0.15) is 18.2 Å². The maximum Gasteiger partial charge on any atom is 0.263 e. The van der Waals surface area contributed by atoms with Crippen LogP contribution in [0.25, 0.3) is 0 Å². The zero-order chi connectivity index (χ0) is 18.5. The van der Waals surface area contributed by atoms with E-state index >= 15 is 0 Å². The Bertz CT molecular complexity index is 809. The van der Waals surface area contributed by atoms with Crippen LogP contribution >= 0.6 is 0 Å². The van der Waals surface area contributed by atoms with Crippen molar-refractivity contribution in [3.63, 3.8) is 0 Å². The van der Waals surface area contributed by atoms with E-state index in [4.69, 9.17) is 4.74 Å². The van der Waals surface area contributed by atoms with Crippen LogP contribution in [0, 0.1) is 5.82 Å². The second-order valence-electron chi connectivity index (χ2n) is 6.02. The molecule has 2 aromatic rings. The lowest BCUT2D eigenvalue weighted by Crippen LogP contribution is -2.42. The molecule has 0 radical (unpaired) electrons. The first kappa shape index (κ1) is 17.9. The summed E-state index contributed by atoms with van der Waals surface area (Å²) in [6, 6.07) is 12.9. The number of amides is 2. The predicted molar refractivity (Wildman–Crippen MR) is 96.6 cm³/mol. The number of carbonyl (C=O) groups excluding carboxylic acids is 2. The first-order valence-electron chi connectivity index (χ1n) is 8.67. The molecule has 1 fully saturated rings. The minimum atomic E-state index is -0.513. The third-order valence-corrected chi connectivity index (χ3v) is 4.29. The topological polar surface area (TPSA) is 49.9 Å². The average molecular weight is 356 g/mol. The molecule has 136 valence electrons. The van der Waals surface area contributed by atoms with Crippen molar-refractivity contribution in [3.05, 3.63) is 59.9 Å². The summed E-state index contributed by atoms with van der Waals surface area (Å²) in [7, 11) is 0. The highest BCUT2D eigenvalue weighted by Crippen LogP contribution is 2.26. The van der Waals surface area contributed by atoms with Crippen LogP contribution in [0.5, 0.6) is 5.75 Å². The summed E-state index contributed by atoms with van der Waals surface area (Å²) in [6.07, 6.45) is 1.20.